The standard InChI is InChI=1S/C16H12N2OS2/c19-15-13(10-11-4-3-8-20-11)12-5-1-2-6-14(12)18(15)16-17-7-9-21-16/h1-6,8,10H,7,9H2/b13-10-. The number of hydrogen-bond donors (Lipinski definition) is 0. The van der Waals surface area contributed by atoms with E-state index in [9.17, 15) is 4.79 Å². The zero-order valence-corrected chi connectivity index (χ0v) is 12.8. The van der Waals surface area contributed by atoms with Crippen LogP contribution in [0.4, 0.5) is 5.69 Å². The molecule has 0 N–H and O–H groups in total. The smallest absolute Gasteiger partial charge is 0.265 e. The van der Waals surface area contributed by atoms with Crippen LogP contribution in [0.1, 0.15) is 10.4 Å². The van der Waals surface area contributed by atoms with Crippen molar-refractivity contribution in [2.24, 2.45) is 4.99 Å². The van der Waals surface area contributed by atoms with E-state index < -0.39 is 0 Å². The Hall–Kier alpha value is -1.85. The lowest BCUT2D eigenvalue weighted by Gasteiger charge is -2.15. The molecule has 2 aromatic rings. The third-order valence-electron chi connectivity index (χ3n) is 3.46. The molecule has 4 rings (SSSR count). The van der Waals surface area contributed by atoms with E-state index >= 15 is 0 Å². The molecule has 0 spiro atoms. The normalized spacial score (nSPS) is 19.2. The van der Waals surface area contributed by atoms with E-state index in [1.807, 2.05) is 47.9 Å². The summed E-state index contributed by atoms with van der Waals surface area (Å²) in [4.78, 5) is 20.2. The Morgan fingerprint density at radius 3 is 2.86 bits per heavy atom. The molecule has 1 aromatic heterocycles. The summed E-state index contributed by atoms with van der Waals surface area (Å²) in [5.74, 6) is 0.975. The quantitative estimate of drug-likeness (QED) is 0.752. The van der Waals surface area contributed by atoms with Crippen LogP contribution in [0, 0.1) is 0 Å². The summed E-state index contributed by atoms with van der Waals surface area (Å²) in [5.41, 5.74) is 2.69. The molecule has 2 aliphatic heterocycles. The van der Waals surface area contributed by atoms with Gasteiger partial charge in [0, 0.05) is 16.2 Å². The molecule has 104 valence electrons. The minimum Gasteiger partial charge on any atom is -0.268 e. The highest BCUT2D eigenvalue weighted by atomic mass is 32.2. The first-order chi connectivity index (χ1) is 10.3. The maximum atomic E-state index is 12.8. The number of fused-ring (bicyclic) bond motifs is 1. The molecule has 0 saturated carbocycles. The maximum Gasteiger partial charge on any atom is 0.265 e. The predicted octanol–water partition coefficient (Wildman–Crippen LogP) is 3.74. The van der Waals surface area contributed by atoms with Gasteiger partial charge in [-0.3, -0.25) is 14.7 Å². The molecule has 21 heavy (non-hydrogen) atoms. The highest BCUT2D eigenvalue weighted by Gasteiger charge is 2.36. The number of benzene rings is 1. The number of aliphatic imine (C=N–C) groups is 1. The molecule has 0 fully saturated rings. The molecule has 2 aliphatic rings. The summed E-state index contributed by atoms with van der Waals surface area (Å²) in [6.07, 6.45) is 1.98. The van der Waals surface area contributed by atoms with Gasteiger partial charge >= 0.3 is 0 Å². The van der Waals surface area contributed by atoms with Gasteiger partial charge in [0.1, 0.15) is 0 Å². The van der Waals surface area contributed by atoms with Crippen LogP contribution in [0.5, 0.6) is 0 Å². The molecule has 3 heterocycles. The number of thiophene rings is 1. The number of carbonyl (C=O) groups excluding carboxylic acids is 1. The molecule has 0 atom stereocenters. The highest BCUT2D eigenvalue weighted by Crippen LogP contribution is 2.40. The van der Waals surface area contributed by atoms with Crippen molar-refractivity contribution in [1.82, 2.24) is 0 Å². The van der Waals surface area contributed by atoms with Crippen molar-refractivity contribution in [2.45, 2.75) is 0 Å². The summed E-state index contributed by atoms with van der Waals surface area (Å²) in [6.45, 7) is 0.788. The van der Waals surface area contributed by atoms with Crippen LogP contribution < -0.4 is 4.90 Å². The van der Waals surface area contributed by atoms with Gasteiger partial charge in [-0.2, -0.15) is 0 Å². The summed E-state index contributed by atoms with van der Waals surface area (Å²) in [5, 5.41) is 2.84. The van der Waals surface area contributed by atoms with E-state index in [0.29, 0.717) is 0 Å². The number of amides is 1. The molecule has 0 aliphatic carbocycles. The minimum absolute atomic E-state index is 0.0257. The van der Waals surface area contributed by atoms with Crippen LogP contribution in [-0.2, 0) is 4.79 Å². The average molecular weight is 312 g/mol. The first-order valence-electron chi connectivity index (χ1n) is 6.71. The van der Waals surface area contributed by atoms with Crippen LogP contribution in [-0.4, -0.2) is 23.4 Å². The van der Waals surface area contributed by atoms with Crippen molar-refractivity contribution < 1.29 is 4.79 Å². The number of carbonyl (C=O) groups is 1. The first kappa shape index (κ1) is 12.9. The number of amidine groups is 1. The SMILES string of the molecule is O=C1/C(=C\c2cccs2)c2ccccc2N1C1=NCCS1. The Kier molecular flexibility index (Phi) is 3.16. The van der Waals surface area contributed by atoms with E-state index in [1.54, 1.807) is 28.0 Å². The van der Waals surface area contributed by atoms with Gasteiger partial charge in [-0.1, -0.05) is 36.0 Å². The van der Waals surface area contributed by atoms with Crippen molar-refractivity contribution in [1.29, 1.82) is 0 Å². The van der Waals surface area contributed by atoms with Gasteiger partial charge in [0.2, 0.25) is 0 Å². The van der Waals surface area contributed by atoms with E-state index in [0.717, 1.165) is 39.2 Å². The number of thioether (sulfide) groups is 1. The van der Waals surface area contributed by atoms with Crippen LogP contribution in [0.25, 0.3) is 11.6 Å². The summed E-state index contributed by atoms with van der Waals surface area (Å²) < 4.78 is 0. The zero-order valence-electron chi connectivity index (χ0n) is 11.2. The molecule has 0 saturated heterocycles. The van der Waals surface area contributed by atoms with Crippen LogP contribution in [0.2, 0.25) is 0 Å². The lowest BCUT2D eigenvalue weighted by atomic mass is 10.1. The zero-order chi connectivity index (χ0) is 14.2. The van der Waals surface area contributed by atoms with Crippen molar-refractivity contribution in [3.63, 3.8) is 0 Å². The molecule has 0 bridgehead atoms. The van der Waals surface area contributed by atoms with Crippen molar-refractivity contribution >= 4 is 51.5 Å². The fourth-order valence-electron chi connectivity index (χ4n) is 2.55. The van der Waals surface area contributed by atoms with Gasteiger partial charge in [0.25, 0.3) is 5.91 Å². The van der Waals surface area contributed by atoms with Gasteiger partial charge in [0.05, 0.1) is 17.8 Å². The second kappa shape index (κ2) is 5.16. The van der Waals surface area contributed by atoms with Crippen LogP contribution >= 0.6 is 23.1 Å². The first-order valence-corrected chi connectivity index (χ1v) is 8.57. The van der Waals surface area contributed by atoms with E-state index in [2.05, 4.69) is 4.99 Å². The topological polar surface area (TPSA) is 32.7 Å². The number of rotatable bonds is 1. The minimum atomic E-state index is 0.0257. The average Bonchev–Trinajstić information content (AvgIpc) is 3.22. The largest absolute Gasteiger partial charge is 0.268 e. The van der Waals surface area contributed by atoms with Gasteiger partial charge in [-0.25, -0.2) is 0 Å². The second-order valence-electron chi connectivity index (χ2n) is 4.74. The van der Waals surface area contributed by atoms with Crippen molar-refractivity contribution in [3.05, 3.63) is 52.2 Å². The van der Waals surface area contributed by atoms with Crippen molar-refractivity contribution in [3.8, 4) is 0 Å². The Balaban J connectivity index is 1.85. The Labute approximate surface area is 131 Å². The third kappa shape index (κ3) is 2.13. The molecule has 3 nitrogen and oxygen atoms in total. The molecule has 1 amide bonds. The molecular weight excluding hydrogens is 300 g/mol. The monoisotopic (exact) mass is 312 g/mol. The summed E-state index contributed by atoms with van der Waals surface area (Å²) in [7, 11) is 0. The van der Waals surface area contributed by atoms with Gasteiger partial charge in [0.15, 0.2) is 5.17 Å². The number of para-hydroxylation sites is 1. The summed E-state index contributed by atoms with van der Waals surface area (Å²) >= 11 is 3.28. The Bertz CT molecular complexity index is 762. The van der Waals surface area contributed by atoms with Crippen LogP contribution in [0.3, 0.4) is 0 Å². The van der Waals surface area contributed by atoms with Crippen molar-refractivity contribution in [2.75, 3.05) is 17.2 Å². The predicted molar refractivity (Wildman–Crippen MR) is 90.9 cm³/mol. The van der Waals surface area contributed by atoms with Crippen LogP contribution in [0.15, 0.2) is 46.8 Å². The van der Waals surface area contributed by atoms with E-state index in [4.69, 9.17) is 0 Å². The van der Waals surface area contributed by atoms with Gasteiger partial charge < -0.3 is 0 Å². The Morgan fingerprint density at radius 1 is 1.19 bits per heavy atom. The maximum absolute atomic E-state index is 12.8. The number of hydrogen-bond acceptors (Lipinski definition) is 4. The molecule has 0 radical (unpaired) electrons. The fraction of sp³-hybridized carbons (Fsp3) is 0.125. The third-order valence-corrected chi connectivity index (χ3v) is 5.24. The number of anilines is 1. The molecule has 1 aromatic carbocycles. The molecule has 5 heteroatoms. The van der Waals surface area contributed by atoms with Gasteiger partial charge in [-0.15, -0.1) is 11.3 Å². The lowest BCUT2D eigenvalue weighted by Crippen LogP contribution is -2.30. The van der Waals surface area contributed by atoms with E-state index in [-0.39, 0.29) is 5.91 Å². The lowest BCUT2D eigenvalue weighted by molar-refractivity contribution is -0.112. The number of nitrogens with zero attached hydrogens (tertiary/aromatic N) is 2. The molecule has 0 unspecified atom stereocenters. The highest BCUT2D eigenvalue weighted by molar-refractivity contribution is 8.14. The Morgan fingerprint density at radius 2 is 2.10 bits per heavy atom. The second-order valence-corrected chi connectivity index (χ2v) is 6.79. The summed E-state index contributed by atoms with van der Waals surface area (Å²) in [6, 6.07) is 12.0. The fourth-order valence-corrected chi connectivity index (χ4v) is 4.06. The van der Waals surface area contributed by atoms with E-state index in [1.165, 1.54) is 0 Å². The molecular formula is C16H12N2OS2. The van der Waals surface area contributed by atoms with Gasteiger partial charge in [-0.05, 0) is 23.6 Å².